The van der Waals surface area contributed by atoms with Crippen LogP contribution in [0.25, 0.3) is 0 Å². The highest BCUT2D eigenvalue weighted by molar-refractivity contribution is 5.92. The monoisotopic (exact) mass is 355 g/mol. The van der Waals surface area contributed by atoms with Crippen molar-refractivity contribution >= 4 is 5.91 Å². The summed E-state index contributed by atoms with van der Waals surface area (Å²) < 4.78 is 7.10. The molecule has 7 nitrogen and oxygen atoms in total. The number of aryl methyl sites for hydroxylation is 1. The lowest BCUT2D eigenvalue weighted by molar-refractivity contribution is 0.0950. The van der Waals surface area contributed by atoms with Crippen LogP contribution >= 0.6 is 0 Å². The quantitative estimate of drug-likeness (QED) is 0.905. The summed E-state index contributed by atoms with van der Waals surface area (Å²) in [6, 6.07) is 7.87. The summed E-state index contributed by atoms with van der Waals surface area (Å²) in [5.74, 6) is 1.01. The molecule has 0 saturated carbocycles. The topological polar surface area (TPSA) is 72.3 Å². The fourth-order valence-electron chi connectivity index (χ4n) is 3.84. The van der Waals surface area contributed by atoms with Gasteiger partial charge in [-0.3, -0.25) is 14.4 Å². The largest absolute Gasteiger partial charge is 0.481 e. The maximum absolute atomic E-state index is 12.2. The third-order valence-corrected chi connectivity index (χ3v) is 5.16. The average Bonchev–Trinajstić information content (AvgIpc) is 3.02. The first-order chi connectivity index (χ1) is 12.7. The van der Waals surface area contributed by atoms with Gasteiger partial charge in [0.05, 0.1) is 18.5 Å². The van der Waals surface area contributed by atoms with Crippen LogP contribution in [0.2, 0.25) is 0 Å². The molecule has 1 saturated heterocycles. The Hall–Kier alpha value is -2.41. The molecule has 1 amide bonds. The van der Waals surface area contributed by atoms with Gasteiger partial charge in [-0.05, 0) is 37.9 Å². The van der Waals surface area contributed by atoms with Gasteiger partial charge in [-0.1, -0.05) is 6.07 Å². The van der Waals surface area contributed by atoms with E-state index in [1.807, 2.05) is 28.9 Å². The second-order valence-corrected chi connectivity index (χ2v) is 7.03. The maximum Gasteiger partial charge on any atom is 0.269 e. The van der Waals surface area contributed by atoms with Crippen molar-refractivity contribution in [1.82, 2.24) is 25.0 Å². The maximum atomic E-state index is 12.2. The third kappa shape index (κ3) is 3.58. The summed E-state index contributed by atoms with van der Waals surface area (Å²) in [7, 11) is 1.64. The Balaban J connectivity index is 1.47. The first-order valence-corrected chi connectivity index (χ1v) is 9.31. The molecule has 0 spiro atoms. The van der Waals surface area contributed by atoms with E-state index in [1.54, 1.807) is 7.11 Å². The van der Waals surface area contributed by atoms with Crippen LogP contribution in [-0.2, 0) is 13.1 Å². The van der Waals surface area contributed by atoms with E-state index < -0.39 is 0 Å². The molecule has 2 aliphatic rings. The van der Waals surface area contributed by atoms with Crippen molar-refractivity contribution in [3.63, 3.8) is 0 Å². The number of amides is 1. The second kappa shape index (κ2) is 7.45. The molecule has 1 atom stereocenters. The van der Waals surface area contributed by atoms with Gasteiger partial charge in [0.2, 0.25) is 5.88 Å². The number of nitrogens with zero attached hydrogens (tertiary/aromatic N) is 4. The Kier molecular flexibility index (Phi) is 4.88. The van der Waals surface area contributed by atoms with Gasteiger partial charge in [-0.25, -0.2) is 4.98 Å². The summed E-state index contributed by atoms with van der Waals surface area (Å²) in [6.45, 7) is 4.34. The van der Waals surface area contributed by atoms with E-state index >= 15 is 0 Å². The number of ether oxygens (including phenoxy) is 1. The van der Waals surface area contributed by atoms with Gasteiger partial charge in [-0.2, -0.15) is 5.10 Å². The molecule has 0 bridgehead atoms. The highest BCUT2D eigenvalue weighted by Gasteiger charge is 2.26. The molecule has 1 fully saturated rings. The van der Waals surface area contributed by atoms with Crippen LogP contribution in [-0.4, -0.2) is 52.3 Å². The normalized spacial score (nSPS) is 21.0. The SMILES string of the molecule is COc1cccc(CN2CCC[C@H](c3cc4n(n3)CCCNC4=O)C2)n1. The van der Waals surface area contributed by atoms with E-state index in [0.717, 1.165) is 63.4 Å². The zero-order valence-electron chi connectivity index (χ0n) is 15.1. The van der Waals surface area contributed by atoms with Gasteiger partial charge < -0.3 is 10.1 Å². The van der Waals surface area contributed by atoms with Gasteiger partial charge in [0.25, 0.3) is 5.91 Å². The van der Waals surface area contributed by atoms with Crippen molar-refractivity contribution in [1.29, 1.82) is 0 Å². The molecule has 138 valence electrons. The smallest absolute Gasteiger partial charge is 0.269 e. The number of rotatable bonds is 4. The van der Waals surface area contributed by atoms with Crippen LogP contribution in [0.5, 0.6) is 5.88 Å². The lowest BCUT2D eigenvalue weighted by atomic mass is 9.94. The number of piperidine rings is 1. The zero-order valence-corrected chi connectivity index (χ0v) is 15.1. The van der Waals surface area contributed by atoms with E-state index in [4.69, 9.17) is 9.84 Å². The van der Waals surface area contributed by atoms with E-state index in [9.17, 15) is 4.79 Å². The van der Waals surface area contributed by atoms with Crippen LogP contribution < -0.4 is 10.1 Å². The van der Waals surface area contributed by atoms with E-state index in [-0.39, 0.29) is 5.91 Å². The van der Waals surface area contributed by atoms with Gasteiger partial charge in [0.15, 0.2) is 0 Å². The number of methoxy groups -OCH3 is 1. The molecule has 2 aromatic heterocycles. The molecule has 0 radical (unpaired) electrons. The van der Waals surface area contributed by atoms with Gasteiger partial charge in [0.1, 0.15) is 5.69 Å². The van der Waals surface area contributed by atoms with Crippen LogP contribution in [0.1, 0.15) is 47.1 Å². The summed E-state index contributed by atoms with van der Waals surface area (Å²) in [4.78, 5) is 19.1. The summed E-state index contributed by atoms with van der Waals surface area (Å²) in [5.41, 5.74) is 2.76. The van der Waals surface area contributed by atoms with E-state index in [1.165, 1.54) is 0 Å². The van der Waals surface area contributed by atoms with Crippen molar-refractivity contribution in [2.45, 2.75) is 38.3 Å². The Morgan fingerprint density at radius 2 is 2.23 bits per heavy atom. The number of pyridine rings is 1. The molecule has 2 aromatic rings. The van der Waals surface area contributed by atoms with Crippen LogP contribution in [0.3, 0.4) is 0 Å². The molecular weight excluding hydrogens is 330 g/mol. The van der Waals surface area contributed by atoms with Crippen LogP contribution in [0.15, 0.2) is 24.3 Å². The highest BCUT2D eigenvalue weighted by atomic mass is 16.5. The molecule has 4 rings (SSSR count). The minimum Gasteiger partial charge on any atom is -0.481 e. The predicted octanol–water partition coefficient (Wildman–Crippen LogP) is 1.80. The van der Waals surface area contributed by atoms with Gasteiger partial charge in [0, 0.05) is 38.2 Å². The Morgan fingerprint density at radius 1 is 1.31 bits per heavy atom. The number of fused-ring (bicyclic) bond motifs is 1. The Bertz CT molecular complexity index is 788. The number of carbonyl (C=O) groups excluding carboxylic acids is 1. The second-order valence-electron chi connectivity index (χ2n) is 7.03. The molecule has 0 unspecified atom stereocenters. The summed E-state index contributed by atoms with van der Waals surface area (Å²) in [5, 5.41) is 7.69. The van der Waals surface area contributed by atoms with E-state index in [2.05, 4.69) is 15.2 Å². The molecular formula is C19H25N5O2. The standard InChI is InChI=1S/C19H25N5O2/c1-26-18-7-2-6-15(21-18)13-23-9-3-5-14(12-23)16-11-17-19(25)20-8-4-10-24(17)22-16/h2,6-7,11,14H,3-5,8-10,12-13H2,1H3,(H,20,25)/t14-/m0/s1. The van der Waals surface area contributed by atoms with Crippen molar-refractivity contribution in [2.24, 2.45) is 0 Å². The van der Waals surface area contributed by atoms with Crippen LogP contribution in [0, 0.1) is 0 Å². The average molecular weight is 355 g/mol. The summed E-state index contributed by atoms with van der Waals surface area (Å²) >= 11 is 0. The number of nitrogens with one attached hydrogen (secondary N) is 1. The van der Waals surface area contributed by atoms with Gasteiger partial charge >= 0.3 is 0 Å². The number of hydrogen-bond acceptors (Lipinski definition) is 5. The van der Waals surface area contributed by atoms with Crippen LogP contribution in [0.4, 0.5) is 0 Å². The Labute approximate surface area is 153 Å². The molecule has 0 aliphatic carbocycles. The minimum absolute atomic E-state index is 0.00510. The summed E-state index contributed by atoms with van der Waals surface area (Å²) in [6.07, 6.45) is 3.17. The minimum atomic E-state index is -0.00510. The lowest BCUT2D eigenvalue weighted by Gasteiger charge is -2.31. The predicted molar refractivity (Wildman–Crippen MR) is 97.2 cm³/mol. The van der Waals surface area contributed by atoms with Crippen molar-refractivity contribution in [3.05, 3.63) is 41.3 Å². The van der Waals surface area contributed by atoms with Crippen molar-refractivity contribution < 1.29 is 9.53 Å². The highest BCUT2D eigenvalue weighted by Crippen LogP contribution is 2.28. The zero-order chi connectivity index (χ0) is 17.9. The molecule has 7 heteroatoms. The number of carbonyl (C=O) groups is 1. The first-order valence-electron chi connectivity index (χ1n) is 9.31. The molecule has 26 heavy (non-hydrogen) atoms. The van der Waals surface area contributed by atoms with Crippen molar-refractivity contribution in [3.8, 4) is 5.88 Å². The number of likely N-dealkylation sites (tertiary alicyclic amines) is 1. The Morgan fingerprint density at radius 3 is 3.12 bits per heavy atom. The molecule has 0 aromatic carbocycles. The fourth-order valence-corrected chi connectivity index (χ4v) is 3.84. The lowest BCUT2D eigenvalue weighted by Crippen LogP contribution is -2.34. The van der Waals surface area contributed by atoms with E-state index in [0.29, 0.717) is 17.5 Å². The number of hydrogen-bond donors (Lipinski definition) is 1. The first kappa shape index (κ1) is 17.0. The number of aromatic nitrogens is 3. The molecule has 2 aliphatic heterocycles. The van der Waals surface area contributed by atoms with Crippen molar-refractivity contribution in [2.75, 3.05) is 26.7 Å². The van der Waals surface area contributed by atoms with Gasteiger partial charge in [-0.15, -0.1) is 0 Å². The fraction of sp³-hybridized carbons (Fsp3) is 0.526. The third-order valence-electron chi connectivity index (χ3n) is 5.16. The molecule has 1 N–H and O–H groups in total. The molecule has 4 heterocycles.